The predicted molar refractivity (Wildman–Crippen MR) is 73.8 cm³/mol. The number of hydrogen-bond acceptors (Lipinski definition) is 3. The van der Waals surface area contributed by atoms with Crippen LogP contribution in [0.15, 0.2) is 12.1 Å². The fraction of sp³-hybridized carbons (Fsp3) is 0.600. The van der Waals surface area contributed by atoms with E-state index in [-0.39, 0.29) is 11.3 Å². The van der Waals surface area contributed by atoms with Crippen LogP contribution in [0.5, 0.6) is 11.5 Å². The molecule has 0 aromatic heterocycles. The summed E-state index contributed by atoms with van der Waals surface area (Å²) in [4.78, 5) is 0. The molecule has 0 radical (unpaired) electrons. The number of piperidine rings is 1. The highest BCUT2D eigenvalue weighted by molar-refractivity contribution is 5.47. The first-order valence-corrected chi connectivity index (χ1v) is 6.92. The molecule has 5 heteroatoms. The first-order valence-electron chi connectivity index (χ1n) is 6.92. The second kappa shape index (κ2) is 6.88. The van der Waals surface area contributed by atoms with Crippen molar-refractivity contribution in [3.05, 3.63) is 23.3 Å². The van der Waals surface area contributed by atoms with Crippen LogP contribution in [-0.2, 0) is 6.42 Å². The Morgan fingerprint density at radius 2 is 1.95 bits per heavy atom. The lowest BCUT2D eigenvalue weighted by molar-refractivity contribution is 0.146. The van der Waals surface area contributed by atoms with Crippen molar-refractivity contribution in [2.75, 3.05) is 20.8 Å². The molecule has 1 N–H and O–H groups in total. The molecule has 1 unspecified atom stereocenters. The van der Waals surface area contributed by atoms with Gasteiger partial charge in [0.1, 0.15) is 11.5 Å². The van der Waals surface area contributed by atoms with E-state index in [0.29, 0.717) is 18.2 Å². The third kappa shape index (κ3) is 3.39. The van der Waals surface area contributed by atoms with Crippen molar-refractivity contribution in [2.24, 2.45) is 0 Å². The molecule has 1 atom stereocenters. The first-order chi connectivity index (χ1) is 9.65. The zero-order valence-electron chi connectivity index (χ0n) is 11.9. The zero-order valence-corrected chi connectivity index (χ0v) is 11.9. The van der Waals surface area contributed by atoms with Crippen molar-refractivity contribution >= 4 is 0 Å². The minimum atomic E-state index is -2.55. The Balaban J connectivity index is 2.27. The van der Waals surface area contributed by atoms with Crippen LogP contribution in [0.4, 0.5) is 8.78 Å². The third-order valence-electron chi connectivity index (χ3n) is 3.75. The van der Waals surface area contributed by atoms with Gasteiger partial charge in [0.15, 0.2) is 0 Å². The molecule has 0 saturated carbocycles. The normalized spacial score (nSPS) is 19.1. The molecular weight excluding hydrogens is 264 g/mol. The van der Waals surface area contributed by atoms with Gasteiger partial charge in [0.25, 0.3) is 6.43 Å². The lowest BCUT2D eigenvalue weighted by Crippen LogP contribution is -2.35. The van der Waals surface area contributed by atoms with E-state index in [0.717, 1.165) is 18.5 Å². The van der Waals surface area contributed by atoms with Crippen LogP contribution in [0.2, 0.25) is 0 Å². The number of rotatable bonds is 5. The minimum Gasteiger partial charge on any atom is -0.496 e. The Morgan fingerprint density at radius 1 is 1.20 bits per heavy atom. The summed E-state index contributed by atoms with van der Waals surface area (Å²) < 4.78 is 36.5. The van der Waals surface area contributed by atoms with Crippen LogP contribution >= 0.6 is 0 Å². The van der Waals surface area contributed by atoms with Crippen molar-refractivity contribution in [1.29, 1.82) is 0 Å². The van der Waals surface area contributed by atoms with Gasteiger partial charge >= 0.3 is 0 Å². The van der Waals surface area contributed by atoms with E-state index < -0.39 is 6.43 Å². The molecule has 1 fully saturated rings. The van der Waals surface area contributed by atoms with E-state index in [2.05, 4.69) is 5.32 Å². The van der Waals surface area contributed by atoms with E-state index in [1.54, 1.807) is 13.2 Å². The average Bonchev–Trinajstić information content (AvgIpc) is 2.47. The van der Waals surface area contributed by atoms with E-state index in [4.69, 9.17) is 9.47 Å². The maximum Gasteiger partial charge on any atom is 0.267 e. The summed E-state index contributed by atoms with van der Waals surface area (Å²) in [6, 6.07) is 3.40. The third-order valence-corrected chi connectivity index (χ3v) is 3.75. The molecule has 20 heavy (non-hydrogen) atoms. The molecule has 1 heterocycles. The Bertz CT molecular complexity index is 446. The lowest BCUT2D eigenvalue weighted by atomic mass is 9.96. The summed E-state index contributed by atoms with van der Waals surface area (Å²) in [5, 5.41) is 3.42. The second-order valence-electron chi connectivity index (χ2n) is 5.06. The van der Waals surface area contributed by atoms with Gasteiger partial charge in [-0.2, -0.15) is 0 Å². The number of ether oxygens (including phenoxy) is 2. The number of benzene rings is 1. The first kappa shape index (κ1) is 15.0. The van der Waals surface area contributed by atoms with Crippen LogP contribution in [0.1, 0.15) is 36.8 Å². The number of nitrogens with one attached hydrogen (secondary N) is 1. The highest BCUT2D eigenvalue weighted by Gasteiger charge is 2.21. The molecule has 0 bridgehead atoms. The van der Waals surface area contributed by atoms with Crippen molar-refractivity contribution in [2.45, 2.75) is 38.2 Å². The Hall–Kier alpha value is -1.36. The summed E-state index contributed by atoms with van der Waals surface area (Å²) in [7, 11) is 2.94. The molecule has 0 spiro atoms. The van der Waals surface area contributed by atoms with Crippen molar-refractivity contribution < 1.29 is 18.3 Å². The number of halogens is 2. The minimum absolute atomic E-state index is 0.0703. The second-order valence-corrected chi connectivity index (χ2v) is 5.06. The maximum absolute atomic E-state index is 13.1. The molecule has 3 nitrogen and oxygen atoms in total. The van der Waals surface area contributed by atoms with Gasteiger partial charge in [-0.3, -0.25) is 0 Å². The van der Waals surface area contributed by atoms with Crippen LogP contribution < -0.4 is 14.8 Å². The molecule has 2 rings (SSSR count). The summed E-state index contributed by atoms with van der Waals surface area (Å²) in [5.74, 6) is 0.788. The summed E-state index contributed by atoms with van der Waals surface area (Å²) in [5.41, 5.74) is 0.738. The Morgan fingerprint density at radius 3 is 2.50 bits per heavy atom. The zero-order chi connectivity index (χ0) is 14.5. The average molecular weight is 285 g/mol. The monoisotopic (exact) mass is 285 g/mol. The fourth-order valence-corrected chi connectivity index (χ4v) is 2.69. The van der Waals surface area contributed by atoms with Crippen LogP contribution in [0.3, 0.4) is 0 Å². The highest BCUT2D eigenvalue weighted by Crippen LogP contribution is 2.35. The van der Waals surface area contributed by atoms with Gasteiger partial charge in [-0.1, -0.05) is 6.42 Å². The van der Waals surface area contributed by atoms with Gasteiger partial charge < -0.3 is 14.8 Å². The molecule has 0 amide bonds. The van der Waals surface area contributed by atoms with Crippen molar-refractivity contribution in [3.8, 4) is 11.5 Å². The molecule has 0 aliphatic carbocycles. The van der Waals surface area contributed by atoms with Crippen molar-refractivity contribution in [3.63, 3.8) is 0 Å². The van der Waals surface area contributed by atoms with Crippen LogP contribution in [-0.4, -0.2) is 26.8 Å². The largest absolute Gasteiger partial charge is 0.496 e. The topological polar surface area (TPSA) is 30.5 Å². The van der Waals surface area contributed by atoms with Gasteiger partial charge in [0, 0.05) is 12.1 Å². The number of alkyl halides is 2. The van der Waals surface area contributed by atoms with Gasteiger partial charge in [-0.25, -0.2) is 8.78 Å². The van der Waals surface area contributed by atoms with Gasteiger partial charge in [-0.05, 0) is 37.4 Å². The standard InChI is InChI=1S/C15H21F2NO2/c1-19-13-9-14(20-2)12(15(16)17)8-10(13)7-11-5-3-4-6-18-11/h8-9,11,15,18H,3-7H2,1-2H3. The lowest BCUT2D eigenvalue weighted by Gasteiger charge is -2.24. The smallest absolute Gasteiger partial charge is 0.267 e. The van der Waals surface area contributed by atoms with Gasteiger partial charge in [0.05, 0.1) is 19.8 Å². The van der Waals surface area contributed by atoms with E-state index in [9.17, 15) is 8.78 Å². The Labute approximate surface area is 118 Å². The van der Waals surface area contributed by atoms with Crippen molar-refractivity contribution in [1.82, 2.24) is 5.32 Å². The molecule has 1 saturated heterocycles. The summed E-state index contributed by atoms with van der Waals surface area (Å²) in [6.07, 6.45) is 1.58. The number of hydrogen-bond donors (Lipinski definition) is 1. The SMILES string of the molecule is COc1cc(OC)c(C(F)F)cc1CC1CCCCN1. The molecule has 1 aliphatic rings. The molecule has 1 aromatic carbocycles. The highest BCUT2D eigenvalue weighted by atomic mass is 19.3. The van der Waals surface area contributed by atoms with Gasteiger partial charge in [-0.15, -0.1) is 0 Å². The molecule has 112 valence electrons. The molecule has 1 aliphatic heterocycles. The quantitative estimate of drug-likeness (QED) is 0.900. The van der Waals surface area contributed by atoms with Crippen LogP contribution in [0, 0.1) is 0 Å². The van der Waals surface area contributed by atoms with Gasteiger partial charge in [0.2, 0.25) is 0 Å². The van der Waals surface area contributed by atoms with E-state index in [1.807, 2.05) is 0 Å². The number of methoxy groups -OCH3 is 2. The summed E-state index contributed by atoms with van der Waals surface area (Å²) >= 11 is 0. The molecular formula is C15H21F2NO2. The van der Waals surface area contributed by atoms with E-state index in [1.165, 1.54) is 26.0 Å². The fourth-order valence-electron chi connectivity index (χ4n) is 2.69. The summed E-state index contributed by atoms with van der Waals surface area (Å²) in [6.45, 7) is 0.991. The predicted octanol–water partition coefficient (Wildman–Crippen LogP) is 3.33. The maximum atomic E-state index is 13.1. The van der Waals surface area contributed by atoms with E-state index >= 15 is 0 Å². The molecule has 1 aromatic rings. The Kier molecular flexibility index (Phi) is 5.17. The van der Waals surface area contributed by atoms with Crippen LogP contribution in [0.25, 0.3) is 0 Å².